The SMILES string of the molecule is CCCN(c1ccc(OC)c(C2CC3CCC(C2)N3C)c1F)c1[nH]c2cc(C#N)ccc2c1C(=O)OC. The van der Waals surface area contributed by atoms with Gasteiger partial charge in [-0.25, -0.2) is 9.18 Å². The van der Waals surface area contributed by atoms with Crippen molar-refractivity contribution in [2.75, 3.05) is 32.7 Å². The van der Waals surface area contributed by atoms with Crippen molar-refractivity contribution in [3.05, 3.63) is 52.8 Å². The number of esters is 1. The van der Waals surface area contributed by atoms with Gasteiger partial charge in [-0.2, -0.15) is 5.26 Å². The van der Waals surface area contributed by atoms with Crippen molar-refractivity contribution >= 4 is 28.4 Å². The van der Waals surface area contributed by atoms with E-state index in [0.29, 0.717) is 63.5 Å². The van der Waals surface area contributed by atoms with Crippen LogP contribution in [0, 0.1) is 17.1 Å². The van der Waals surface area contributed by atoms with E-state index in [1.54, 1.807) is 31.4 Å². The zero-order valence-electron chi connectivity index (χ0n) is 21.8. The number of H-pyrrole nitrogens is 1. The summed E-state index contributed by atoms with van der Waals surface area (Å²) in [7, 11) is 5.10. The number of benzene rings is 2. The summed E-state index contributed by atoms with van der Waals surface area (Å²) < 4.78 is 27.4. The maximum atomic E-state index is 16.6. The van der Waals surface area contributed by atoms with Crippen molar-refractivity contribution in [3.8, 4) is 11.8 Å². The van der Waals surface area contributed by atoms with Gasteiger partial charge in [0.05, 0.1) is 31.5 Å². The Morgan fingerprint density at radius 3 is 2.57 bits per heavy atom. The predicted octanol–water partition coefficient (Wildman–Crippen LogP) is 5.86. The molecule has 5 rings (SSSR count). The molecule has 2 bridgehead atoms. The summed E-state index contributed by atoms with van der Waals surface area (Å²) in [5.41, 5.74) is 2.42. The third-order valence-corrected chi connectivity index (χ3v) is 8.15. The second-order valence-electron chi connectivity index (χ2n) is 10.1. The Bertz CT molecular complexity index is 1360. The van der Waals surface area contributed by atoms with E-state index < -0.39 is 5.97 Å². The van der Waals surface area contributed by atoms with Crippen LogP contribution >= 0.6 is 0 Å². The van der Waals surface area contributed by atoms with Crippen molar-refractivity contribution in [2.45, 2.75) is 57.0 Å². The number of halogens is 1. The molecule has 0 saturated carbocycles. The van der Waals surface area contributed by atoms with Crippen LogP contribution in [0.1, 0.15) is 66.4 Å². The molecule has 2 aliphatic heterocycles. The van der Waals surface area contributed by atoms with E-state index in [9.17, 15) is 10.1 Å². The molecule has 194 valence electrons. The molecule has 2 unspecified atom stereocenters. The molecule has 2 saturated heterocycles. The van der Waals surface area contributed by atoms with E-state index in [-0.39, 0.29) is 11.7 Å². The molecule has 0 radical (unpaired) electrons. The fourth-order valence-corrected chi connectivity index (χ4v) is 6.32. The highest BCUT2D eigenvalue weighted by molar-refractivity contribution is 6.10. The first-order chi connectivity index (χ1) is 17.9. The zero-order chi connectivity index (χ0) is 26.3. The van der Waals surface area contributed by atoms with Gasteiger partial charge in [-0.1, -0.05) is 13.0 Å². The maximum Gasteiger partial charge on any atom is 0.342 e. The van der Waals surface area contributed by atoms with E-state index >= 15 is 4.39 Å². The lowest BCUT2D eigenvalue weighted by molar-refractivity contribution is 0.0604. The van der Waals surface area contributed by atoms with Gasteiger partial charge in [-0.3, -0.25) is 0 Å². The standard InChI is InChI=1S/C29H33FN4O3/c1-5-12-34(28-26(29(35)37-4)21-9-6-17(16-31)13-22(21)32-28)23-10-11-24(36-3)25(27(23)30)18-14-19-7-8-20(15-18)33(19)2/h6,9-11,13,18-20,32H,5,7-8,12,14-15H2,1-4H3. The fraction of sp³-hybridized carbons (Fsp3) is 0.448. The van der Waals surface area contributed by atoms with E-state index in [4.69, 9.17) is 9.47 Å². The molecule has 2 fully saturated rings. The van der Waals surface area contributed by atoms with Crippen LogP contribution < -0.4 is 9.64 Å². The van der Waals surface area contributed by atoms with Gasteiger partial charge in [0.1, 0.15) is 17.1 Å². The second kappa shape index (κ2) is 10.1. The van der Waals surface area contributed by atoms with E-state index in [0.717, 1.165) is 32.1 Å². The highest BCUT2D eigenvalue weighted by Crippen LogP contribution is 2.47. The number of rotatable bonds is 7. The number of carbonyl (C=O) groups is 1. The van der Waals surface area contributed by atoms with Gasteiger partial charge >= 0.3 is 5.97 Å². The van der Waals surface area contributed by atoms with Crippen LogP contribution in [0.25, 0.3) is 10.9 Å². The lowest BCUT2D eigenvalue weighted by Gasteiger charge is -2.37. The fourth-order valence-electron chi connectivity index (χ4n) is 6.32. The summed E-state index contributed by atoms with van der Waals surface area (Å²) in [6, 6.07) is 11.7. The smallest absolute Gasteiger partial charge is 0.342 e. The molecule has 8 heteroatoms. The number of carbonyl (C=O) groups excluding carboxylic acids is 1. The van der Waals surface area contributed by atoms with Gasteiger partial charge in [0.25, 0.3) is 0 Å². The minimum absolute atomic E-state index is 0.0630. The second-order valence-corrected chi connectivity index (χ2v) is 10.1. The Morgan fingerprint density at radius 2 is 1.95 bits per heavy atom. The molecule has 2 aliphatic rings. The summed E-state index contributed by atoms with van der Waals surface area (Å²) in [6.45, 7) is 2.49. The average Bonchev–Trinajstić information content (AvgIpc) is 3.36. The molecule has 37 heavy (non-hydrogen) atoms. The van der Waals surface area contributed by atoms with Gasteiger partial charge in [-0.05, 0) is 69.3 Å². The van der Waals surface area contributed by atoms with Crippen molar-refractivity contribution in [1.29, 1.82) is 5.26 Å². The van der Waals surface area contributed by atoms with Crippen LogP contribution in [0.2, 0.25) is 0 Å². The number of hydrogen-bond acceptors (Lipinski definition) is 6. The molecule has 1 aromatic heterocycles. The van der Waals surface area contributed by atoms with Gasteiger partial charge in [0, 0.05) is 35.1 Å². The van der Waals surface area contributed by atoms with Crippen LogP contribution in [-0.2, 0) is 4.74 Å². The summed E-state index contributed by atoms with van der Waals surface area (Å²) in [5.74, 6) is 0.252. The number of nitriles is 1. The third kappa shape index (κ3) is 4.21. The monoisotopic (exact) mass is 504 g/mol. The Morgan fingerprint density at radius 1 is 1.22 bits per heavy atom. The highest BCUT2D eigenvalue weighted by atomic mass is 19.1. The number of fused-ring (bicyclic) bond motifs is 3. The summed E-state index contributed by atoms with van der Waals surface area (Å²) in [4.78, 5) is 20.5. The highest BCUT2D eigenvalue weighted by Gasteiger charge is 2.41. The number of aromatic nitrogens is 1. The van der Waals surface area contributed by atoms with Crippen LogP contribution in [0.15, 0.2) is 30.3 Å². The third-order valence-electron chi connectivity index (χ3n) is 8.15. The molecule has 3 heterocycles. The Balaban J connectivity index is 1.66. The molecule has 2 aromatic carbocycles. The number of piperidine rings is 1. The van der Waals surface area contributed by atoms with Gasteiger partial charge in [-0.15, -0.1) is 0 Å². The quantitative estimate of drug-likeness (QED) is 0.406. The molecule has 7 nitrogen and oxygen atoms in total. The number of hydrogen-bond donors (Lipinski definition) is 1. The largest absolute Gasteiger partial charge is 0.496 e. The lowest BCUT2D eigenvalue weighted by Crippen LogP contribution is -2.39. The lowest BCUT2D eigenvalue weighted by atomic mass is 9.84. The van der Waals surface area contributed by atoms with Crippen molar-refractivity contribution in [1.82, 2.24) is 9.88 Å². The molecular formula is C29H33FN4O3. The molecule has 0 spiro atoms. The zero-order valence-corrected chi connectivity index (χ0v) is 21.8. The Hall–Kier alpha value is -3.57. The van der Waals surface area contributed by atoms with E-state index in [2.05, 4.69) is 23.0 Å². The number of methoxy groups -OCH3 is 2. The summed E-state index contributed by atoms with van der Waals surface area (Å²) in [6.07, 6.45) is 4.80. The topological polar surface area (TPSA) is 81.6 Å². The van der Waals surface area contributed by atoms with E-state index in [1.165, 1.54) is 7.11 Å². The number of ether oxygens (including phenoxy) is 2. The number of aromatic amines is 1. The molecule has 0 amide bonds. The van der Waals surface area contributed by atoms with Crippen molar-refractivity contribution in [2.24, 2.45) is 0 Å². The van der Waals surface area contributed by atoms with Crippen LogP contribution in [0.3, 0.4) is 0 Å². The summed E-state index contributed by atoms with van der Waals surface area (Å²) in [5, 5.41) is 10.00. The normalized spacial score (nSPS) is 21.1. The van der Waals surface area contributed by atoms with Gasteiger partial charge < -0.3 is 24.3 Å². The number of nitrogens with zero attached hydrogens (tertiary/aromatic N) is 3. The first-order valence-corrected chi connectivity index (χ1v) is 12.9. The van der Waals surface area contributed by atoms with Crippen LogP contribution in [-0.4, -0.2) is 55.7 Å². The van der Waals surface area contributed by atoms with Gasteiger partial charge in [0.15, 0.2) is 5.82 Å². The molecular weight excluding hydrogens is 471 g/mol. The maximum absolute atomic E-state index is 16.6. The Labute approximate surface area is 216 Å². The Kier molecular flexibility index (Phi) is 6.82. The van der Waals surface area contributed by atoms with Crippen LogP contribution in [0.5, 0.6) is 5.75 Å². The predicted molar refractivity (Wildman–Crippen MR) is 141 cm³/mol. The first-order valence-electron chi connectivity index (χ1n) is 12.9. The molecule has 3 aromatic rings. The number of nitrogens with one attached hydrogen (secondary N) is 1. The molecule has 2 atom stereocenters. The first kappa shape index (κ1) is 25.1. The van der Waals surface area contributed by atoms with Crippen molar-refractivity contribution in [3.63, 3.8) is 0 Å². The van der Waals surface area contributed by atoms with E-state index in [1.807, 2.05) is 17.9 Å². The molecule has 0 aliphatic carbocycles. The van der Waals surface area contributed by atoms with Crippen LogP contribution in [0.4, 0.5) is 15.9 Å². The summed E-state index contributed by atoms with van der Waals surface area (Å²) >= 11 is 0. The minimum Gasteiger partial charge on any atom is -0.496 e. The van der Waals surface area contributed by atoms with Crippen molar-refractivity contribution < 1.29 is 18.7 Å². The number of anilines is 2. The molecule has 1 N–H and O–H groups in total. The minimum atomic E-state index is -0.520. The van der Waals surface area contributed by atoms with Gasteiger partial charge in [0.2, 0.25) is 0 Å². The average molecular weight is 505 g/mol.